The molecule has 0 fully saturated rings. The topological polar surface area (TPSA) is 57.6 Å². The van der Waals surface area contributed by atoms with Gasteiger partial charge in [-0.25, -0.2) is 4.79 Å². The van der Waals surface area contributed by atoms with Gasteiger partial charge in [0.1, 0.15) is 0 Å². The fraction of sp³-hybridized carbons (Fsp3) is 0.130. The van der Waals surface area contributed by atoms with Gasteiger partial charge in [0.2, 0.25) is 0 Å². The van der Waals surface area contributed by atoms with Crippen molar-refractivity contribution in [1.82, 2.24) is 4.90 Å². The molecule has 1 aliphatic rings. The zero-order chi connectivity index (χ0) is 20.5. The Kier molecular flexibility index (Phi) is 5.31. The lowest BCUT2D eigenvalue weighted by Gasteiger charge is -2.40. The van der Waals surface area contributed by atoms with Gasteiger partial charge in [-0.15, -0.1) is 0 Å². The molecule has 0 aromatic heterocycles. The minimum atomic E-state index is -1.14. The average Bonchev–Trinajstić information content (AvgIpc) is 2.71. The van der Waals surface area contributed by atoms with E-state index in [-0.39, 0.29) is 5.91 Å². The summed E-state index contributed by atoms with van der Waals surface area (Å²) in [4.78, 5) is 27.2. The number of nitrogens with zero attached hydrogens (tertiary/aromatic N) is 1. The van der Waals surface area contributed by atoms with Gasteiger partial charge in [0.25, 0.3) is 5.91 Å². The van der Waals surface area contributed by atoms with Crippen molar-refractivity contribution in [2.24, 2.45) is 0 Å². The number of carboxylic acids is 1. The number of hydrogen-bond acceptors (Lipinski definition) is 2. The highest BCUT2D eigenvalue weighted by atomic mass is 35.5. The highest BCUT2D eigenvalue weighted by Crippen LogP contribution is 2.39. The first-order chi connectivity index (χ1) is 14.0. The number of rotatable bonds is 4. The molecule has 2 atom stereocenters. The summed E-state index contributed by atoms with van der Waals surface area (Å²) >= 11 is 12.0. The molecule has 0 saturated carbocycles. The van der Waals surface area contributed by atoms with Crippen molar-refractivity contribution >= 4 is 35.1 Å². The molecular weight excluding hydrogens is 409 g/mol. The van der Waals surface area contributed by atoms with Crippen LogP contribution in [0, 0.1) is 0 Å². The monoisotopic (exact) mass is 425 g/mol. The summed E-state index contributed by atoms with van der Waals surface area (Å²) in [5.41, 5.74) is 2.75. The van der Waals surface area contributed by atoms with Crippen molar-refractivity contribution in [3.63, 3.8) is 0 Å². The van der Waals surface area contributed by atoms with E-state index in [2.05, 4.69) is 0 Å². The van der Waals surface area contributed by atoms with E-state index in [4.69, 9.17) is 23.2 Å². The molecule has 3 aromatic carbocycles. The van der Waals surface area contributed by atoms with E-state index in [1.165, 1.54) is 4.90 Å². The molecule has 146 valence electrons. The molecule has 29 heavy (non-hydrogen) atoms. The van der Waals surface area contributed by atoms with Crippen LogP contribution in [0.3, 0.4) is 0 Å². The summed E-state index contributed by atoms with van der Waals surface area (Å²) in [5, 5.41) is 11.2. The van der Waals surface area contributed by atoms with Crippen LogP contribution >= 0.6 is 23.2 Å². The summed E-state index contributed by atoms with van der Waals surface area (Å²) in [6.45, 7) is 0. The van der Waals surface area contributed by atoms with Crippen LogP contribution in [-0.2, 0) is 11.2 Å². The number of aliphatic carboxylic acids is 1. The van der Waals surface area contributed by atoms with E-state index in [0.717, 1.165) is 11.1 Å². The van der Waals surface area contributed by atoms with Crippen LogP contribution in [-0.4, -0.2) is 21.9 Å². The van der Waals surface area contributed by atoms with E-state index < -0.39 is 18.1 Å². The third kappa shape index (κ3) is 3.74. The van der Waals surface area contributed by atoms with E-state index in [1.54, 1.807) is 48.5 Å². The standard InChI is InChI=1S/C23H17Cl2NO3/c24-17-9-5-14(6-10-17)20-13-16-3-1-2-4-19(16)22(27)26(20)21(23(28)29)15-7-11-18(25)12-8-15/h1-12,20-21H,13H2,(H,28,29). The van der Waals surface area contributed by atoms with Crippen molar-refractivity contribution in [2.45, 2.75) is 18.5 Å². The Hall–Kier alpha value is -2.82. The van der Waals surface area contributed by atoms with Crippen LogP contribution in [0.15, 0.2) is 72.8 Å². The summed E-state index contributed by atoms with van der Waals surface area (Å²) in [6.07, 6.45) is 0.515. The first-order valence-electron chi connectivity index (χ1n) is 9.10. The van der Waals surface area contributed by atoms with Crippen LogP contribution in [0.1, 0.15) is 39.1 Å². The van der Waals surface area contributed by atoms with Gasteiger partial charge in [-0.05, 0) is 53.4 Å². The Morgan fingerprint density at radius 3 is 2.14 bits per heavy atom. The summed E-state index contributed by atoms with van der Waals surface area (Å²) in [5.74, 6) is -1.41. The van der Waals surface area contributed by atoms with E-state index in [1.807, 2.05) is 24.3 Å². The highest BCUT2D eigenvalue weighted by molar-refractivity contribution is 6.30. The van der Waals surface area contributed by atoms with Crippen LogP contribution in [0.2, 0.25) is 10.0 Å². The van der Waals surface area contributed by atoms with Crippen LogP contribution in [0.25, 0.3) is 0 Å². The Balaban J connectivity index is 1.87. The van der Waals surface area contributed by atoms with Gasteiger partial charge in [0.15, 0.2) is 6.04 Å². The molecular formula is C23H17Cl2NO3. The quantitative estimate of drug-likeness (QED) is 0.595. The lowest BCUT2D eigenvalue weighted by molar-refractivity contribution is -0.143. The number of carboxylic acid groups (broad SMARTS) is 1. The van der Waals surface area contributed by atoms with Crippen LogP contribution in [0.4, 0.5) is 0 Å². The van der Waals surface area contributed by atoms with Gasteiger partial charge in [0, 0.05) is 15.6 Å². The van der Waals surface area contributed by atoms with E-state index in [0.29, 0.717) is 27.6 Å². The maximum atomic E-state index is 13.5. The number of carbonyl (C=O) groups is 2. The molecule has 3 aromatic rings. The molecule has 4 rings (SSSR count). The second-order valence-corrected chi connectivity index (χ2v) is 7.81. The fourth-order valence-electron chi connectivity index (χ4n) is 3.82. The molecule has 0 saturated heterocycles. The van der Waals surface area contributed by atoms with Gasteiger partial charge < -0.3 is 10.0 Å². The first-order valence-corrected chi connectivity index (χ1v) is 9.85. The van der Waals surface area contributed by atoms with Gasteiger partial charge in [-0.3, -0.25) is 4.79 Å². The molecule has 1 heterocycles. The van der Waals surface area contributed by atoms with Crippen molar-refractivity contribution in [3.05, 3.63) is 105 Å². The molecule has 6 heteroatoms. The first kappa shape index (κ1) is 19.5. The minimum Gasteiger partial charge on any atom is -0.479 e. The minimum absolute atomic E-state index is 0.311. The maximum absolute atomic E-state index is 13.5. The zero-order valence-corrected chi connectivity index (χ0v) is 16.8. The number of benzene rings is 3. The smallest absolute Gasteiger partial charge is 0.331 e. The molecule has 1 aliphatic heterocycles. The molecule has 1 amide bonds. The molecule has 0 spiro atoms. The molecule has 0 bridgehead atoms. The SMILES string of the molecule is O=C(O)C(c1ccc(Cl)cc1)N1C(=O)c2ccccc2CC1c1ccc(Cl)cc1. The van der Waals surface area contributed by atoms with Crippen molar-refractivity contribution < 1.29 is 14.7 Å². The second kappa shape index (κ2) is 7.90. The normalized spacial score (nSPS) is 17.0. The lowest BCUT2D eigenvalue weighted by Crippen LogP contribution is -2.45. The maximum Gasteiger partial charge on any atom is 0.331 e. The van der Waals surface area contributed by atoms with Crippen molar-refractivity contribution in [1.29, 1.82) is 0 Å². The van der Waals surface area contributed by atoms with Gasteiger partial charge in [-0.2, -0.15) is 0 Å². The summed E-state index contributed by atoms with van der Waals surface area (Å²) in [7, 11) is 0. The number of carbonyl (C=O) groups excluding carboxylic acids is 1. The Labute approximate surface area is 178 Å². The molecule has 1 N–H and O–H groups in total. The Morgan fingerprint density at radius 2 is 1.52 bits per heavy atom. The number of halogens is 2. The number of amides is 1. The molecule has 2 unspecified atom stereocenters. The third-order valence-electron chi connectivity index (χ3n) is 5.18. The Morgan fingerprint density at radius 1 is 0.931 bits per heavy atom. The second-order valence-electron chi connectivity index (χ2n) is 6.93. The number of hydrogen-bond donors (Lipinski definition) is 1. The Bertz CT molecular complexity index is 1060. The van der Waals surface area contributed by atoms with Crippen LogP contribution < -0.4 is 0 Å². The fourth-order valence-corrected chi connectivity index (χ4v) is 4.07. The van der Waals surface area contributed by atoms with Gasteiger partial charge in [-0.1, -0.05) is 65.7 Å². The highest BCUT2D eigenvalue weighted by Gasteiger charge is 2.41. The predicted molar refractivity (Wildman–Crippen MR) is 112 cm³/mol. The van der Waals surface area contributed by atoms with E-state index in [9.17, 15) is 14.7 Å². The average molecular weight is 426 g/mol. The van der Waals surface area contributed by atoms with Crippen molar-refractivity contribution in [2.75, 3.05) is 0 Å². The number of fused-ring (bicyclic) bond motifs is 1. The molecule has 0 aliphatic carbocycles. The zero-order valence-electron chi connectivity index (χ0n) is 15.3. The largest absolute Gasteiger partial charge is 0.479 e. The third-order valence-corrected chi connectivity index (χ3v) is 5.69. The van der Waals surface area contributed by atoms with Gasteiger partial charge >= 0.3 is 5.97 Å². The van der Waals surface area contributed by atoms with Crippen molar-refractivity contribution in [3.8, 4) is 0 Å². The molecule has 4 nitrogen and oxygen atoms in total. The molecule has 0 radical (unpaired) electrons. The summed E-state index contributed by atoms with van der Waals surface area (Å²) in [6, 6.07) is 19.5. The van der Waals surface area contributed by atoms with Gasteiger partial charge in [0.05, 0.1) is 6.04 Å². The lowest BCUT2D eigenvalue weighted by atomic mass is 9.87. The van der Waals surface area contributed by atoms with E-state index >= 15 is 0 Å². The predicted octanol–water partition coefficient (Wildman–Crippen LogP) is 5.56. The summed E-state index contributed by atoms with van der Waals surface area (Å²) < 4.78 is 0. The van der Waals surface area contributed by atoms with Crippen LogP contribution in [0.5, 0.6) is 0 Å².